The monoisotopic (exact) mass is 344 g/mol. The van der Waals surface area contributed by atoms with E-state index in [1.807, 2.05) is 72.9 Å². The van der Waals surface area contributed by atoms with Gasteiger partial charge < -0.3 is 4.57 Å². The SMILES string of the molecule is [2H]C([2H])([2H])CCCCn1cc(C(=O)c2cccc3ccccc23)c2ccccc21. The van der Waals surface area contributed by atoms with Crippen molar-refractivity contribution in [2.24, 2.45) is 0 Å². The van der Waals surface area contributed by atoms with E-state index in [1.165, 1.54) is 0 Å². The number of benzene rings is 3. The van der Waals surface area contributed by atoms with Crippen LogP contribution >= 0.6 is 0 Å². The van der Waals surface area contributed by atoms with Gasteiger partial charge in [0.1, 0.15) is 0 Å². The summed E-state index contributed by atoms with van der Waals surface area (Å²) in [6, 6.07) is 21.6. The van der Waals surface area contributed by atoms with Crippen LogP contribution in [-0.4, -0.2) is 10.4 Å². The van der Waals surface area contributed by atoms with Crippen molar-refractivity contribution in [3.8, 4) is 0 Å². The molecular formula is C24H23NO. The van der Waals surface area contributed by atoms with Crippen molar-refractivity contribution in [3.05, 3.63) is 84.1 Å². The predicted molar refractivity (Wildman–Crippen MR) is 109 cm³/mol. The molecule has 130 valence electrons. The average Bonchev–Trinajstić information content (AvgIpc) is 3.08. The number of hydrogen-bond acceptors (Lipinski definition) is 1. The number of aromatic nitrogens is 1. The summed E-state index contributed by atoms with van der Waals surface area (Å²) in [6.45, 7) is -1.19. The van der Waals surface area contributed by atoms with Crippen LogP contribution in [0.1, 0.15) is 46.1 Å². The summed E-state index contributed by atoms with van der Waals surface area (Å²) in [5, 5.41) is 2.93. The van der Waals surface area contributed by atoms with Crippen molar-refractivity contribution in [1.29, 1.82) is 0 Å². The second-order valence-corrected chi connectivity index (χ2v) is 6.57. The van der Waals surface area contributed by atoms with Gasteiger partial charge in [0, 0.05) is 38.9 Å². The van der Waals surface area contributed by atoms with E-state index in [9.17, 15) is 4.79 Å². The van der Waals surface area contributed by atoms with Crippen molar-refractivity contribution >= 4 is 27.5 Å². The van der Waals surface area contributed by atoms with Gasteiger partial charge in [-0.3, -0.25) is 4.79 Å². The van der Waals surface area contributed by atoms with Crippen molar-refractivity contribution in [1.82, 2.24) is 4.57 Å². The van der Waals surface area contributed by atoms with Crippen LogP contribution in [-0.2, 0) is 6.54 Å². The quantitative estimate of drug-likeness (QED) is 0.301. The third kappa shape index (κ3) is 2.92. The molecule has 1 heterocycles. The lowest BCUT2D eigenvalue weighted by Crippen LogP contribution is -2.02. The Morgan fingerprint density at radius 3 is 2.54 bits per heavy atom. The summed E-state index contributed by atoms with van der Waals surface area (Å²) in [5.74, 6) is 0.0132. The maximum atomic E-state index is 13.5. The predicted octanol–water partition coefficient (Wildman–Crippen LogP) is 6.22. The molecule has 2 nitrogen and oxygen atoms in total. The highest BCUT2D eigenvalue weighted by Crippen LogP contribution is 2.27. The van der Waals surface area contributed by atoms with Gasteiger partial charge in [-0.1, -0.05) is 80.4 Å². The first-order valence-electron chi connectivity index (χ1n) is 10.5. The summed E-state index contributed by atoms with van der Waals surface area (Å²) in [6.07, 6.45) is 3.53. The molecule has 4 aromatic rings. The van der Waals surface area contributed by atoms with Crippen molar-refractivity contribution in [2.45, 2.75) is 32.7 Å². The minimum absolute atomic E-state index is 0.0132. The molecule has 0 aliphatic carbocycles. The van der Waals surface area contributed by atoms with E-state index in [4.69, 9.17) is 4.11 Å². The number of carbonyl (C=O) groups is 1. The van der Waals surface area contributed by atoms with Gasteiger partial charge in [-0.15, -0.1) is 0 Å². The van der Waals surface area contributed by atoms with Gasteiger partial charge in [-0.05, 0) is 23.3 Å². The summed E-state index contributed by atoms with van der Waals surface area (Å²) in [7, 11) is 0. The lowest BCUT2D eigenvalue weighted by molar-refractivity contribution is 0.104. The minimum Gasteiger partial charge on any atom is -0.347 e. The van der Waals surface area contributed by atoms with E-state index in [2.05, 4.69) is 4.57 Å². The molecule has 4 rings (SSSR count). The molecule has 26 heavy (non-hydrogen) atoms. The maximum Gasteiger partial charge on any atom is 0.195 e. The second-order valence-electron chi connectivity index (χ2n) is 6.57. The third-order valence-corrected chi connectivity index (χ3v) is 4.89. The minimum atomic E-state index is -1.88. The number of carbonyl (C=O) groups excluding carboxylic acids is 1. The molecule has 0 saturated heterocycles. The molecule has 0 unspecified atom stereocenters. The Hall–Kier alpha value is -2.87. The molecule has 0 aliphatic heterocycles. The number of fused-ring (bicyclic) bond motifs is 2. The van der Waals surface area contributed by atoms with Gasteiger partial charge in [0.05, 0.1) is 0 Å². The van der Waals surface area contributed by atoms with E-state index >= 15 is 0 Å². The number of rotatable bonds is 6. The fourth-order valence-corrected chi connectivity index (χ4v) is 3.59. The van der Waals surface area contributed by atoms with Crippen LogP contribution in [0, 0.1) is 0 Å². The summed E-state index contributed by atoms with van der Waals surface area (Å²) in [5.41, 5.74) is 2.39. The van der Waals surface area contributed by atoms with Crippen LogP contribution in [0.5, 0.6) is 0 Å². The number of hydrogen-bond donors (Lipinski definition) is 0. The Labute approximate surface area is 158 Å². The molecule has 0 N–H and O–H groups in total. The van der Waals surface area contributed by atoms with Gasteiger partial charge in [-0.2, -0.15) is 0 Å². The molecule has 0 fully saturated rings. The van der Waals surface area contributed by atoms with Crippen molar-refractivity contribution in [3.63, 3.8) is 0 Å². The van der Waals surface area contributed by atoms with Crippen LogP contribution in [0.4, 0.5) is 0 Å². The lowest BCUT2D eigenvalue weighted by Gasteiger charge is -2.05. The van der Waals surface area contributed by atoms with Gasteiger partial charge in [0.15, 0.2) is 5.78 Å². The first-order chi connectivity index (χ1) is 13.9. The first kappa shape index (κ1) is 13.3. The highest BCUT2D eigenvalue weighted by atomic mass is 16.1. The standard InChI is InChI=1S/C24H23NO/c1-2-3-8-16-25-17-22(20-13-6-7-15-23(20)25)24(26)21-14-9-11-18-10-4-5-12-19(18)21/h4-7,9-15,17H,2-3,8,16H2,1H3/i1D3. The summed E-state index contributed by atoms with van der Waals surface area (Å²) >= 11 is 0. The Morgan fingerprint density at radius 2 is 1.65 bits per heavy atom. The van der Waals surface area contributed by atoms with Crippen LogP contribution < -0.4 is 0 Å². The normalized spacial score (nSPS) is 13.5. The van der Waals surface area contributed by atoms with E-state index < -0.39 is 6.85 Å². The number of unbranched alkanes of at least 4 members (excludes halogenated alkanes) is 1. The van der Waals surface area contributed by atoms with Crippen molar-refractivity contribution < 1.29 is 8.91 Å². The molecule has 0 radical (unpaired) electrons. The summed E-state index contributed by atoms with van der Waals surface area (Å²) < 4.78 is 24.1. The van der Waals surface area contributed by atoms with Gasteiger partial charge >= 0.3 is 0 Å². The zero-order valence-electron chi connectivity index (χ0n) is 17.6. The highest BCUT2D eigenvalue weighted by molar-refractivity contribution is 6.21. The molecule has 0 spiro atoms. The second kappa shape index (κ2) is 7.17. The Bertz CT molecular complexity index is 1170. The molecule has 0 aliphatic rings. The number of nitrogens with zero attached hydrogens (tertiary/aromatic N) is 1. The topological polar surface area (TPSA) is 22.0 Å². The van der Waals surface area contributed by atoms with E-state index in [-0.39, 0.29) is 12.2 Å². The zero-order chi connectivity index (χ0) is 20.4. The molecule has 2 heteroatoms. The van der Waals surface area contributed by atoms with Crippen LogP contribution in [0.15, 0.2) is 72.9 Å². The average molecular weight is 344 g/mol. The maximum absolute atomic E-state index is 13.5. The van der Waals surface area contributed by atoms with Crippen molar-refractivity contribution in [2.75, 3.05) is 0 Å². The summed E-state index contributed by atoms with van der Waals surface area (Å²) in [4.78, 5) is 13.5. The lowest BCUT2D eigenvalue weighted by atomic mass is 9.97. The molecule has 0 bridgehead atoms. The van der Waals surface area contributed by atoms with Gasteiger partial charge in [-0.25, -0.2) is 0 Å². The smallest absolute Gasteiger partial charge is 0.195 e. The van der Waals surface area contributed by atoms with Gasteiger partial charge in [0.25, 0.3) is 0 Å². The largest absolute Gasteiger partial charge is 0.347 e. The molecule has 0 atom stereocenters. The third-order valence-electron chi connectivity index (χ3n) is 4.89. The van der Waals surface area contributed by atoms with E-state index in [0.717, 1.165) is 28.1 Å². The molecular weight excluding hydrogens is 318 g/mol. The van der Waals surface area contributed by atoms with E-state index in [0.29, 0.717) is 24.1 Å². The first-order valence-corrected chi connectivity index (χ1v) is 9.04. The fraction of sp³-hybridized carbons (Fsp3) is 0.208. The van der Waals surface area contributed by atoms with Crippen LogP contribution in [0.3, 0.4) is 0 Å². The molecule has 0 amide bonds. The highest BCUT2D eigenvalue weighted by Gasteiger charge is 2.18. The van der Waals surface area contributed by atoms with E-state index in [1.54, 1.807) is 0 Å². The molecule has 0 saturated carbocycles. The van der Waals surface area contributed by atoms with Gasteiger partial charge in [0.2, 0.25) is 0 Å². The molecule has 1 aromatic heterocycles. The van der Waals surface area contributed by atoms with Crippen LogP contribution in [0.25, 0.3) is 21.7 Å². The molecule has 3 aromatic carbocycles. The fourth-order valence-electron chi connectivity index (χ4n) is 3.59. The number of ketones is 1. The Balaban J connectivity index is 1.68. The van der Waals surface area contributed by atoms with Crippen LogP contribution in [0.2, 0.25) is 0 Å². The number of aryl methyl sites for hydroxylation is 1. The zero-order valence-corrected chi connectivity index (χ0v) is 14.6. The number of para-hydroxylation sites is 1. The Morgan fingerprint density at radius 1 is 0.885 bits per heavy atom. The Kier molecular flexibility index (Phi) is 3.68.